The zero-order chi connectivity index (χ0) is 13.2. The van der Waals surface area contributed by atoms with Crippen LogP contribution in [0.15, 0.2) is 41.5 Å². The Hall–Kier alpha value is -2.10. The number of nitrogens with zero attached hydrogens (tertiary/aromatic N) is 2. The first kappa shape index (κ1) is 12.0. The second-order valence-corrected chi connectivity index (χ2v) is 4.97. The molecule has 98 valence electrons. The molecule has 0 saturated heterocycles. The first-order valence-electron chi connectivity index (χ1n) is 6.50. The molecular weight excluding hydrogens is 240 g/mol. The van der Waals surface area contributed by atoms with E-state index in [0.29, 0.717) is 12.6 Å². The van der Waals surface area contributed by atoms with Crippen molar-refractivity contribution in [2.75, 3.05) is 0 Å². The smallest absolute Gasteiger partial charge is 0.347 e. The average Bonchev–Trinajstić information content (AvgIpc) is 3.20. The summed E-state index contributed by atoms with van der Waals surface area (Å²) in [7, 11) is 0. The summed E-state index contributed by atoms with van der Waals surface area (Å²) in [5, 5.41) is 0. The highest BCUT2D eigenvalue weighted by molar-refractivity contribution is 5.34. The number of hydrogen-bond donors (Lipinski definition) is 0. The maximum atomic E-state index is 11.7. The van der Waals surface area contributed by atoms with Crippen LogP contribution in [0, 0.1) is 6.92 Å². The molecule has 0 N–H and O–H groups in total. The molecule has 1 fully saturated rings. The third-order valence-corrected chi connectivity index (χ3v) is 3.12. The molecule has 0 atom stereocenters. The second kappa shape index (κ2) is 4.88. The van der Waals surface area contributed by atoms with Crippen LogP contribution in [0.4, 0.5) is 0 Å². The van der Waals surface area contributed by atoms with Gasteiger partial charge in [-0.15, -0.1) is 0 Å². The maximum Gasteiger partial charge on any atom is 0.347 e. The van der Waals surface area contributed by atoms with Crippen LogP contribution in [-0.2, 0) is 6.54 Å². The summed E-state index contributed by atoms with van der Waals surface area (Å²) in [6, 6.07) is 7.87. The molecule has 4 heteroatoms. The van der Waals surface area contributed by atoms with Crippen molar-refractivity contribution in [2.24, 2.45) is 0 Å². The normalized spacial score (nSPS) is 14.4. The molecule has 1 aromatic carbocycles. The van der Waals surface area contributed by atoms with Gasteiger partial charge in [-0.2, -0.15) is 0 Å². The molecule has 0 amide bonds. The van der Waals surface area contributed by atoms with Gasteiger partial charge in [0, 0.05) is 18.0 Å². The topological polar surface area (TPSA) is 44.1 Å². The summed E-state index contributed by atoms with van der Waals surface area (Å²) in [6.45, 7) is 2.42. The van der Waals surface area contributed by atoms with Crippen LogP contribution in [0.3, 0.4) is 0 Å². The van der Waals surface area contributed by atoms with Gasteiger partial charge in [0.25, 0.3) is 0 Å². The number of aromatic nitrogens is 2. The third-order valence-electron chi connectivity index (χ3n) is 3.12. The lowest BCUT2D eigenvalue weighted by atomic mass is 10.2. The van der Waals surface area contributed by atoms with Gasteiger partial charge in [0.05, 0.1) is 12.6 Å². The molecule has 0 bridgehead atoms. The Bertz CT molecular complexity index is 645. The van der Waals surface area contributed by atoms with Crippen molar-refractivity contribution < 1.29 is 4.74 Å². The molecule has 19 heavy (non-hydrogen) atoms. The van der Waals surface area contributed by atoms with E-state index < -0.39 is 0 Å². The van der Waals surface area contributed by atoms with Gasteiger partial charge >= 0.3 is 5.69 Å². The van der Waals surface area contributed by atoms with Crippen molar-refractivity contribution in [1.82, 2.24) is 9.55 Å². The highest BCUT2D eigenvalue weighted by atomic mass is 16.5. The summed E-state index contributed by atoms with van der Waals surface area (Å²) in [4.78, 5) is 15.6. The van der Waals surface area contributed by atoms with Crippen LogP contribution < -0.4 is 10.4 Å². The van der Waals surface area contributed by atoms with Crippen molar-refractivity contribution in [3.63, 3.8) is 0 Å². The number of para-hydroxylation sites is 1. The van der Waals surface area contributed by atoms with E-state index >= 15 is 0 Å². The van der Waals surface area contributed by atoms with Crippen molar-refractivity contribution in [3.05, 3.63) is 58.3 Å². The summed E-state index contributed by atoms with van der Waals surface area (Å²) in [5.41, 5.74) is 1.76. The van der Waals surface area contributed by atoms with Gasteiger partial charge < -0.3 is 4.74 Å². The van der Waals surface area contributed by atoms with Crippen molar-refractivity contribution in [2.45, 2.75) is 32.4 Å². The summed E-state index contributed by atoms with van der Waals surface area (Å²) in [5.74, 6) is 0.874. The number of aryl methyl sites for hydroxylation is 1. The van der Waals surface area contributed by atoms with Gasteiger partial charge in [0.1, 0.15) is 5.75 Å². The van der Waals surface area contributed by atoms with E-state index in [-0.39, 0.29) is 5.69 Å². The minimum absolute atomic E-state index is 0.230. The maximum absolute atomic E-state index is 11.7. The minimum Gasteiger partial charge on any atom is -0.490 e. The van der Waals surface area contributed by atoms with Gasteiger partial charge in [-0.1, -0.05) is 18.2 Å². The quantitative estimate of drug-likeness (QED) is 0.841. The zero-order valence-corrected chi connectivity index (χ0v) is 10.9. The van der Waals surface area contributed by atoms with Gasteiger partial charge in [0.2, 0.25) is 0 Å². The Morgan fingerprint density at radius 3 is 2.95 bits per heavy atom. The van der Waals surface area contributed by atoms with Crippen LogP contribution in [0.2, 0.25) is 0 Å². The summed E-state index contributed by atoms with van der Waals surface area (Å²) < 4.78 is 7.48. The van der Waals surface area contributed by atoms with E-state index in [0.717, 1.165) is 29.7 Å². The molecule has 1 aliphatic carbocycles. The van der Waals surface area contributed by atoms with Crippen LogP contribution in [0.25, 0.3) is 0 Å². The molecule has 3 rings (SSSR count). The van der Waals surface area contributed by atoms with E-state index in [9.17, 15) is 4.79 Å². The first-order chi connectivity index (χ1) is 9.22. The molecule has 0 radical (unpaired) electrons. The van der Waals surface area contributed by atoms with E-state index in [2.05, 4.69) is 4.98 Å². The monoisotopic (exact) mass is 256 g/mol. The van der Waals surface area contributed by atoms with Gasteiger partial charge in [-0.05, 0) is 31.4 Å². The summed E-state index contributed by atoms with van der Waals surface area (Å²) >= 11 is 0. The van der Waals surface area contributed by atoms with Crippen LogP contribution in [-0.4, -0.2) is 15.7 Å². The fourth-order valence-electron chi connectivity index (χ4n) is 1.98. The second-order valence-electron chi connectivity index (χ2n) is 4.97. The lowest BCUT2D eigenvalue weighted by Gasteiger charge is -2.12. The number of benzene rings is 1. The van der Waals surface area contributed by atoms with Crippen molar-refractivity contribution >= 4 is 0 Å². The van der Waals surface area contributed by atoms with E-state index in [1.807, 2.05) is 37.4 Å². The zero-order valence-electron chi connectivity index (χ0n) is 10.9. The van der Waals surface area contributed by atoms with Gasteiger partial charge in [0.15, 0.2) is 0 Å². The predicted octanol–water partition coefficient (Wildman–Crippen LogP) is 2.14. The minimum atomic E-state index is -0.230. The SMILES string of the molecule is Cc1cnc(=O)n(Cc2ccccc2OC2CC2)c1. The molecule has 0 unspecified atom stereocenters. The molecule has 2 aromatic rings. The Balaban J connectivity index is 1.89. The Kier molecular flexibility index (Phi) is 3.07. The number of rotatable bonds is 4. The lowest BCUT2D eigenvalue weighted by Crippen LogP contribution is -2.23. The largest absolute Gasteiger partial charge is 0.490 e. The molecule has 1 saturated carbocycles. The lowest BCUT2D eigenvalue weighted by molar-refractivity contribution is 0.299. The average molecular weight is 256 g/mol. The fraction of sp³-hybridized carbons (Fsp3) is 0.333. The van der Waals surface area contributed by atoms with E-state index in [4.69, 9.17) is 4.74 Å². The van der Waals surface area contributed by atoms with Crippen LogP contribution in [0.1, 0.15) is 24.0 Å². The van der Waals surface area contributed by atoms with Crippen molar-refractivity contribution in [1.29, 1.82) is 0 Å². The van der Waals surface area contributed by atoms with Crippen LogP contribution >= 0.6 is 0 Å². The molecule has 1 heterocycles. The van der Waals surface area contributed by atoms with Gasteiger partial charge in [-0.3, -0.25) is 4.57 Å². The highest BCUT2D eigenvalue weighted by Crippen LogP contribution is 2.29. The standard InChI is InChI=1S/C15H16N2O2/c1-11-8-16-15(18)17(9-11)10-12-4-2-3-5-14(12)19-13-6-7-13/h2-5,8-9,13H,6-7,10H2,1H3. The summed E-state index contributed by atoms with van der Waals surface area (Å²) in [6.07, 6.45) is 6.02. The highest BCUT2D eigenvalue weighted by Gasteiger charge is 2.24. The fourth-order valence-corrected chi connectivity index (χ4v) is 1.98. The Labute approximate surface area is 111 Å². The molecule has 1 aromatic heterocycles. The van der Waals surface area contributed by atoms with Crippen molar-refractivity contribution in [3.8, 4) is 5.75 Å². The molecule has 1 aliphatic rings. The number of hydrogen-bond acceptors (Lipinski definition) is 3. The first-order valence-corrected chi connectivity index (χ1v) is 6.50. The van der Waals surface area contributed by atoms with E-state index in [1.54, 1.807) is 10.8 Å². The molecule has 4 nitrogen and oxygen atoms in total. The predicted molar refractivity (Wildman–Crippen MR) is 72.4 cm³/mol. The molecule has 0 spiro atoms. The number of ether oxygens (including phenoxy) is 1. The molecule has 0 aliphatic heterocycles. The van der Waals surface area contributed by atoms with Gasteiger partial charge in [-0.25, -0.2) is 9.78 Å². The molecular formula is C15H16N2O2. The van der Waals surface area contributed by atoms with Crippen LogP contribution in [0.5, 0.6) is 5.75 Å². The van der Waals surface area contributed by atoms with E-state index in [1.165, 1.54) is 0 Å². The Morgan fingerprint density at radius 2 is 2.16 bits per heavy atom. The Morgan fingerprint density at radius 1 is 1.37 bits per heavy atom. The third kappa shape index (κ3) is 2.84.